The molecule has 0 amide bonds. The van der Waals surface area contributed by atoms with Crippen LogP contribution < -0.4 is 0 Å². The molecule has 0 aromatic carbocycles. The van der Waals surface area contributed by atoms with E-state index >= 15 is 0 Å². The number of aliphatic carboxylic acids is 1. The SMILES string of the molecule is CCCCCCCCCC(CC(=O)O)OC(=O)CCCCCCCC. The van der Waals surface area contributed by atoms with Gasteiger partial charge in [-0.3, -0.25) is 9.59 Å². The number of carbonyl (C=O) groups is 2. The summed E-state index contributed by atoms with van der Waals surface area (Å²) in [6, 6.07) is 0. The highest BCUT2D eigenvalue weighted by molar-refractivity contribution is 5.71. The molecular formula is C21H40O4. The van der Waals surface area contributed by atoms with Crippen molar-refractivity contribution in [2.24, 2.45) is 0 Å². The molecule has 148 valence electrons. The van der Waals surface area contributed by atoms with Crippen LogP contribution in [0.1, 0.15) is 117 Å². The van der Waals surface area contributed by atoms with E-state index in [4.69, 9.17) is 9.84 Å². The lowest BCUT2D eigenvalue weighted by Crippen LogP contribution is -2.21. The fraction of sp³-hybridized carbons (Fsp3) is 0.905. The molecule has 0 aliphatic heterocycles. The first-order chi connectivity index (χ1) is 12.1. The van der Waals surface area contributed by atoms with Gasteiger partial charge in [-0.05, 0) is 19.3 Å². The summed E-state index contributed by atoms with van der Waals surface area (Å²) in [5, 5.41) is 9.00. The number of unbranched alkanes of at least 4 members (excludes halogenated alkanes) is 11. The van der Waals surface area contributed by atoms with E-state index in [9.17, 15) is 9.59 Å². The van der Waals surface area contributed by atoms with E-state index < -0.39 is 12.1 Å². The first-order valence-corrected chi connectivity index (χ1v) is 10.5. The minimum atomic E-state index is -0.889. The second-order valence-electron chi connectivity index (χ2n) is 7.14. The van der Waals surface area contributed by atoms with Gasteiger partial charge in [-0.1, -0.05) is 84.5 Å². The van der Waals surface area contributed by atoms with Crippen molar-refractivity contribution in [3.63, 3.8) is 0 Å². The van der Waals surface area contributed by atoms with Crippen molar-refractivity contribution in [2.45, 2.75) is 123 Å². The highest BCUT2D eigenvalue weighted by Gasteiger charge is 2.17. The number of rotatable bonds is 18. The summed E-state index contributed by atoms with van der Waals surface area (Å²) in [6.07, 6.45) is 15.6. The third-order valence-corrected chi connectivity index (χ3v) is 4.56. The third-order valence-electron chi connectivity index (χ3n) is 4.56. The Hall–Kier alpha value is -1.06. The van der Waals surface area contributed by atoms with Gasteiger partial charge in [0.1, 0.15) is 6.10 Å². The maximum absolute atomic E-state index is 11.9. The molecule has 1 N–H and O–H groups in total. The van der Waals surface area contributed by atoms with Crippen LogP contribution in [-0.4, -0.2) is 23.1 Å². The van der Waals surface area contributed by atoms with Crippen molar-refractivity contribution in [1.82, 2.24) is 0 Å². The molecule has 0 saturated carbocycles. The Labute approximate surface area is 154 Å². The second-order valence-corrected chi connectivity index (χ2v) is 7.14. The molecule has 25 heavy (non-hydrogen) atoms. The van der Waals surface area contributed by atoms with Crippen LogP contribution in [0.15, 0.2) is 0 Å². The maximum atomic E-state index is 11.9. The molecule has 0 bridgehead atoms. The summed E-state index contributed by atoms with van der Waals surface area (Å²) >= 11 is 0. The van der Waals surface area contributed by atoms with Crippen molar-refractivity contribution in [3.05, 3.63) is 0 Å². The first-order valence-electron chi connectivity index (χ1n) is 10.5. The van der Waals surface area contributed by atoms with Crippen LogP contribution in [0.5, 0.6) is 0 Å². The number of carboxylic acids is 1. The number of carboxylic acid groups (broad SMARTS) is 1. The Kier molecular flexibility index (Phi) is 17.0. The van der Waals surface area contributed by atoms with Gasteiger partial charge in [0, 0.05) is 6.42 Å². The lowest BCUT2D eigenvalue weighted by molar-refractivity contribution is -0.153. The van der Waals surface area contributed by atoms with Crippen LogP contribution in [0.4, 0.5) is 0 Å². The van der Waals surface area contributed by atoms with Crippen LogP contribution >= 0.6 is 0 Å². The molecule has 0 aliphatic rings. The van der Waals surface area contributed by atoms with Gasteiger partial charge in [-0.15, -0.1) is 0 Å². The zero-order chi connectivity index (χ0) is 18.8. The van der Waals surface area contributed by atoms with E-state index in [1.807, 2.05) is 0 Å². The topological polar surface area (TPSA) is 63.6 Å². The lowest BCUT2D eigenvalue weighted by Gasteiger charge is -2.16. The molecule has 1 unspecified atom stereocenters. The fourth-order valence-electron chi connectivity index (χ4n) is 3.02. The summed E-state index contributed by atoms with van der Waals surface area (Å²) in [5.74, 6) is -1.12. The number of carbonyl (C=O) groups excluding carboxylic acids is 1. The van der Waals surface area contributed by atoms with E-state index in [2.05, 4.69) is 13.8 Å². The second kappa shape index (κ2) is 17.8. The van der Waals surface area contributed by atoms with E-state index in [0.29, 0.717) is 12.8 Å². The van der Waals surface area contributed by atoms with Crippen LogP contribution in [0.25, 0.3) is 0 Å². The number of hydrogen-bond acceptors (Lipinski definition) is 3. The molecule has 4 nitrogen and oxygen atoms in total. The lowest BCUT2D eigenvalue weighted by atomic mass is 10.0. The molecule has 1 atom stereocenters. The monoisotopic (exact) mass is 356 g/mol. The summed E-state index contributed by atoms with van der Waals surface area (Å²) in [6.45, 7) is 4.39. The fourth-order valence-corrected chi connectivity index (χ4v) is 3.02. The summed E-state index contributed by atoms with van der Waals surface area (Å²) in [4.78, 5) is 22.9. The molecule has 0 saturated heterocycles. The first kappa shape index (κ1) is 23.9. The Morgan fingerprint density at radius 2 is 1.24 bits per heavy atom. The highest BCUT2D eigenvalue weighted by atomic mass is 16.5. The van der Waals surface area contributed by atoms with E-state index in [-0.39, 0.29) is 12.4 Å². The van der Waals surface area contributed by atoms with Crippen LogP contribution in [0, 0.1) is 0 Å². The van der Waals surface area contributed by atoms with Crippen molar-refractivity contribution in [3.8, 4) is 0 Å². The molecular weight excluding hydrogens is 316 g/mol. The predicted molar refractivity (Wildman–Crippen MR) is 103 cm³/mol. The van der Waals surface area contributed by atoms with Gasteiger partial charge >= 0.3 is 11.9 Å². The zero-order valence-corrected chi connectivity index (χ0v) is 16.6. The normalized spacial score (nSPS) is 12.1. The van der Waals surface area contributed by atoms with E-state index in [0.717, 1.165) is 32.1 Å². The summed E-state index contributed by atoms with van der Waals surface area (Å²) < 4.78 is 5.41. The van der Waals surface area contributed by atoms with Gasteiger partial charge < -0.3 is 9.84 Å². The number of hydrogen-bond donors (Lipinski definition) is 1. The van der Waals surface area contributed by atoms with E-state index in [1.54, 1.807) is 0 Å². The Balaban J connectivity index is 3.85. The third kappa shape index (κ3) is 17.6. The van der Waals surface area contributed by atoms with Crippen LogP contribution in [-0.2, 0) is 14.3 Å². The molecule has 0 aromatic heterocycles. The van der Waals surface area contributed by atoms with Crippen molar-refractivity contribution >= 4 is 11.9 Å². The zero-order valence-electron chi connectivity index (χ0n) is 16.6. The van der Waals surface area contributed by atoms with Crippen LogP contribution in [0.3, 0.4) is 0 Å². The van der Waals surface area contributed by atoms with Gasteiger partial charge in [0.25, 0.3) is 0 Å². The molecule has 0 aliphatic carbocycles. The van der Waals surface area contributed by atoms with Crippen molar-refractivity contribution in [1.29, 1.82) is 0 Å². The number of ether oxygens (including phenoxy) is 1. The number of esters is 1. The summed E-state index contributed by atoms with van der Waals surface area (Å²) in [7, 11) is 0. The Morgan fingerprint density at radius 1 is 0.760 bits per heavy atom. The van der Waals surface area contributed by atoms with E-state index in [1.165, 1.54) is 51.4 Å². The van der Waals surface area contributed by atoms with Gasteiger partial charge in [-0.25, -0.2) is 0 Å². The molecule has 0 spiro atoms. The van der Waals surface area contributed by atoms with Gasteiger partial charge in [0.15, 0.2) is 0 Å². The van der Waals surface area contributed by atoms with Crippen molar-refractivity contribution < 1.29 is 19.4 Å². The smallest absolute Gasteiger partial charge is 0.307 e. The minimum absolute atomic E-state index is 0.0714. The molecule has 0 rings (SSSR count). The predicted octanol–water partition coefficient (Wildman–Crippen LogP) is 6.26. The molecule has 0 radical (unpaired) electrons. The highest BCUT2D eigenvalue weighted by Crippen LogP contribution is 2.15. The minimum Gasteiger partial charge on any atom is -0.481 e. The molecule has 0 fully saturated rings. The van der Waals surface area contributed by atoms with Crippen LogP contribution in [0.2, 0.25) is 0 Å². The Morgan fingerprint density at radius 3 is 1.76 bits per heavy atom. The molecule has 0 aromatic rings. The largest absolute Gasteiger partial charge is 0.481 e. The quantitative estimate of drug-likeness (QED) is 0.232. The summed E-state index contributed by atoms with van der Waals surface area (Å²) in [5.41, 5.74) is 0. The maximum Gasteiger partial charge on any atom is 0.307 e. The van der Waals surface area contributed by atoms with Gasteiger partial charge in [0.05, 0.1) is 6.42 Å². The molecule has 0 heterocycles. The standard InChI is InChI=1S/C21H40O4/c1-3-5-7-9-11-12-14-16-19(18-20(22)23)25-21(24)17-15-13-10-8-6-4-2/h19H,3-18H2,1-2H3,(H,22,23). The average Bonchev–Trinajstić information content (AvgIpc) is 2.56. The van der Waals surface area contributed by atoms with Gasteiger partial charge in [-0.2, -0.15) is 0 Å². The van der Waals surface area contributed by atoms with Crippen molar-refractivity contribution in [2.75, 3.05) is 0 Å². The Bertz CT molecular complexity index is 328. The van der Waals surface area contributed by atoms with Gasteiger partial charge in [0.2, 0.25) is 0 Å². The average molecular weight is 357 g/mol. The molecule has 4 heteroatoms.